The van der Waals surface area contributed by atoms with E-state index in [1.165, 1.54) is 0 Å². The maximum Gasteiger partial charge on any atom is 0.321 e. The summed E-state index contributed by atoms with van der Waals surface area (Å²) in [6, 6.07) is 7.62. The molecule has 2 aromatic rings. The molecule has 6 heteroatoms. The zero-order valence-corrected chi connectivity index (χ0v) is 12.2. The van der Waals surface area contributed by atoms with Crippen LogP contribution >= 0.6 is 0 Å². The average molecular weight is 289 g/mol. The van der Waals surface area contributed by atoms with Gasteiger partial charge in [0.05, 0.1) is 13.7 Å². The highest BCUT2D eigenvalue weighted by Crippen LogP contribution is 2.22. The zero-order chi connectivity index (χ0) is 14.9. The Labute approximate surface area is 124 Å². The molecule has 0 aliphatic heterocycles. The SMILES string of the molecule is COCCNCc1cnc(Oc2cccc(OC)c2)nc1. The van der Waals surface area contributed by atoms with E-state index in [-0.39, 0.29) is 0 Å². The van der Waals surface area contributed by atoms with Gasteiger partial charge in [-0.25, -0.2) is 9.97 Å². The van der Waals surface area contributed by atoms with Crippen molar-refractivity contribution in [1.29, 1.82) is 0 Å². The Hall–Kier alpha value is -2.18. The second kappa shape index (κ2) is 8.18. The van der Waals surface area contributed by atoms with Gasteiger partial charge in [0.2, 0.25) is 0 Å². The summed E-state index contributed by atoms with van der Waals surface area (Å²) in [5.41, 5.74) is 0.990. The number of hydrogen-bond donors (Lipinski definition) is 1. The van der Waals surface area contributed by atoms with Crippen LogP contribution in [-0.4, -0.2) is 37.3 Å². The van der Waals surface area contributed by atoms with Gasteiger partial charge in [0.15, 0.2) is 0 Å². The number of aromatic nitrogens is 2. The van der Waals surface area contributed by atoms with Crippen molar-refractivity contribution in [1.82, 2.24) is 15.3 Å². The molecule has 0 aliphatic carbocycles. The molecule has 0 fully saturated rings. The highest BCUT2D eigenvalue weighted by molar-refractivity contribution is 5.34. The standard InChI is InChI=1S/C15H19N3O3/c1-19-7-6-16-9-12-10-17-15(18-11-12)21-14-5-3-4-13(8-14)20-2/h3-5,8,10-11,16H,6-7,9H2,1-2H3. The molecule has 21 heavy (non-hydrogen) atoms. The Morgan fingerprint density at radius 3 is 2.57 bits per heavy atom. The molecule has 0 amide bonds. The first-order valence-electron chi connectivity index (χ1n) is 6.64. The topological polar surface area (TPSA) is 65.5 Å². The molecule has 0 saturated carbocycles. The summed E-state index contributed by atoms with van der Waals surface area (Å²) in [4.78, 5) is 8.37. The maximum atomic E-state index is 5.58. The smallest absolute Gasteiger partial charge is 0.321 e. The first-order valence-corrected chi connectivity index (χ1v) is 6.64. The fourth-order valence-electron chi connectivity index (χ4n) is 1.66. The third-order valence-electron chi connectivity index (χ3n) is 2.74. The Bertz CT molecular complexity index is 546. The molecular formula is C15H19N3O3. The van der Waals surface area contributed by atoms with Gasteiger partial charge < -0.3 is 19.5 Å². The minimum absolute atomic E-state index is 0.309. The molecule has 0 aliphatic rings. The predicted molar refractivity (Wildman–Crippen MR) is 78.7 cm³/mol. The normalized spacial score (nSPS) is 10.4. The molecule has 0 saturated heterocycles. The molecule has 0 bridgehead atoms. The van der Waals surface area contributed by atoms with E-state index < -0.39 is 0 Å². The van der Waals surface area contributed by atoms with Gasteiger partial charge in [-0.3, -0.25) is 0 Å². The van der Waals surface area contributed by atoms with E-state index in [0.29, 0.717) is 24.9 Å². The van der Waals surface area contributed by atoms with E-state index in [0.717, 1.165) is 17.9 Å². The van der Waals surface area contributed by atoms with Crippen LogP contribution in [0, 0.1) is 0 Å². The molecule has 0 radical (unpaired) electrons. The summed E-state index contributed by atoms with van der Waals surface area (Å²) >= 11 is 0. The summed E-state index contributed by atoms with van der Waals surface area (Å²) in [5.74, 6) is 1.37. The van der Waals surface area contributed by atoms with Gasteiger partial charge >= 0.3 is 6.01 Å². The lowest BCUT2D eigenvalue weighted by Crippen LogP contribution is -2.18. The zero-order valence-electron chi connectivity index (χ0n) is 12.2. The summed E-state index contributed by atoms with van der Waals surface area (Å²) in [5, 5.41) is 3.22. The highest BCUT2D eigenvalue weighted by Gasteiger charge is 2.02. The van der Waals surface area contributed by atoms with Crippen LogP contribution in [0.5, 0.6) is 17.5 Å². The maximum absolute atomic E-state index is 5.58. The van der Waals surface area contributed by atoms with Gasteiger partial charge in [-0.15, -0.1) is 0 Å². The molecule has 112 valence electrons. The molecule has 1 N–H and O–H groups in total. The molecule has 1 aromatic carbocycles. The fraction of sp³-hybridized carbons (Fsp3) is 0.333. The van der Waals surface area contributed by atoms with Crippen molar-refractivity contribution in [2.75, 3.05) is 27.4 Å². The van der Waals surface area contributed by atoms with Crippen molar-refractivity contribution in [3.05, 3.63) is 42.2 Å². The fourth-order valence-corrected chi connectivity index (χ4v) is 1.66. The third kappa shape index (κ3) is 5.02. The molecule has 0 unspecified atom stereocenters. The van der Waals surface area contributed by atoms with E-state index in [4.69, 9.17) is 14.2 Å². The van der Waals surface area contributed by atoms with Crippen LogP contribution in [0.3, 0.4) is 0 Å². The minimum atomic E-state index is 0.309. The first-order chi connectivity index (χ1) is 10.3. The second-order valence-electron chi connectivity index (χ2n) is 4.32. The third-order valence-corrected chi connectivity index (χ3v) is 2.74. The second-order valence-corrected chi connectivity index (χ2v) is 4.32. The molecule has 2 rings (SSSR count). The first kappa shape index (κ1) is 15.2. The number of methoxy groups -OCH3 is 2. The van der Waals surface area contributed by atoms with Crippen LogP contribution in [0.1, 0.15) is 5.56 Å². The number of rotatable bonds is 8. The van der Waals surface area contributed by atoms with Crippen LogP contribution in [-0.2, 0) is 11.3 Å². The summed E-state index contributed by atoms with van der Waals surface area (Å²) < 4.78 is 15.7. The van der Waals surface area contributed by atoms with Crippen LogP contribution in [0.4, 0.5) is 0 Å². The summed E-state index contributed by atoms with van der Waals surface area (Å²) in [6.07, 6.45) is 3.48. The molecule has 0 spiro atoms. The number of ether oxygens (including phenoxy) is 3. The van der Waals surface area contributed by atoms with Gasteiger partial charge in [-0.1, -0.05) is 6.07 Å². The van der Waals surface area contributed by atoms with E-state index >= 15 is 0 Å². The quantitative estimate of drug-likeness (QED) is 0.750. The number of hydrogen-bond acceptors (Lipinski definition) is 6. The van der Waals surface area contributed by atoms with Crippen molar-refractivity contribution in [3.8, 4) is 17.5 Å². The predicted octanol–water partition coefficient (Wildman–Crippen LogP) is 2.01. The number of nitrogens with one attached hydrogen (secondary N) is 1. The molecule has 6 nitrogen and oxygen atoms in total. The van der Waals surface area contributed by atoms with Gasteiger partial charge in [-0.2, -0.15) is 0 Å². The van der Waals surface area contributed by atoms with Crippen molar-refractivity contribution in [2.24, 2.45) is 0 Å². The average Bonchev–Trinajstić information content (AvgIpc) is 2.53. The van der Waals surface area contributed by atoms with Crippen molar-refractivity contribution < 1.29 is 14.2 Å². The lowest BCUT2D eigenvalue weighted by molar-refractivity contribution is 0.199. The summed E-state index contributed by atoms with van der Waals surface area (Å²) in [6.45, 7) is 2.17. The monoisotopic (exact) mass is 289 g/mol. The Kier molecular flexibility index (Phi) is 5.93. The largest absolute Gasteiger partial charge is 0.497 e. The van der Waals surface area contributed by atoms with Gasteiger partial charge in [0.25, 0.3) is 0 Å². The molecule has 0 atom stereocenters. The lowest BCUT2D eigenvalue weighted by atomic mass is 10.3. The van der Waals surface area contributed by atoms with E-state index in [1.54, 1.807) is 32.7 Å². The molecule has 1 aromatic heterocycles. The Morgan fingerprint density at radius 1 is 1.10 bits per heavy atom. The van der Waals surface area contributed by atoms with Crippen molar-refractivity contribution in [3.63, 3.8) is 0 Å². The Morgan fingerprint density at radius 2 is 1.86 bits per heavy atom. The number of nitrogens with zero attached hydrogens (tertiary/aromatic N) is 2. The van der Waals surface area contributed by atoms with E-state index in [1.807, 2.05) is 18.2 Å². The van der Waals surface area contributed by atoms with E-state index in [9.17, 15) is 0 Å². The van der Waals surface area contributed by atoms with Crippen LogP contribution in [0.15, 0.2) is 36.7 Å². The van der Waals surface area contributed by atoms with Crippen LogP contribution < -0.4 is 14.8 Å². The Balaban J connectivity index is 1.89. The minimum Gasteiger partial charge on any atom is -0.497 e. The van der Waals surface area contributed by atoms with Gasteiger partial charge in [0.1, 0.15) is 11.5 Å². The van der Waals surface area contributed by atoms with Gasteiger partial charge in [0, 0.05) is 44.2 Å². The van der Waals surface area contributed by atoms with Crippen molar-refractivity contribution in [2.45, 2.75) is 6.54 Å². The van der Waals surface area contributed by atoms with Gasteiger partial charge in [-0.05, 0) is 12.1 Å². The molecule has 1 heterocycles. The van der Waals surface area contributed by atoms with E-state index in [2.05, 4.69) is 15.3 Å². The number of benzene rings is 1. The molecular weight excluding hydrogens is 270 g/mol. The summed E-state index contributed by atoms with van der Waals surface area (Å²) in [7, 11) is 3.29. The van der Waals surface area contributed by atoms with Crippen LogP contribution in [0.2, 0.25) is 0 Å². The van der Waals surface area contributed by atoms with Crippen LogP contribution in [0.25, 0.3) is 0 Å². The lowest BCUT2D eigenvalue weighted by Gasteiger charge is -2.07. The van der Waals surface area contributed by atoms with Crippen molar-refractivity contribution >= 4 is 0 Å². The highest BCUT2D eigenvalue weighted by atomic mass is 16.5.